The largest absolute Gasteiger partial charge is 0.497 e. The molecule has 2 rings (SSSR count). The summed E-state index contributed by atoms with van der Waals surface area (Å²) in [5.74, 6) is 1.67. The van der Waals surface area contributed by atoms with Crippen LogP contribution in [0.1, 0.15) is 44.4 Å². The highest BCUT2D eigenvalue weighted by molar-refractivity contribution is 6.32. The van der Waals surface area contributed by atoms with Crippen LogP contribution in [0.5, 0.6) is 11.5 Å². The van der Waals surface area contributed by atoms with Gasteiger partial charge in [-0.2, -0.15) is 0 Å². The maximum Gasteiger partial charge on any atom is 0.152 e. The lowest BCUT2D eigenvalue weighted by molar-refractivity contribution is 0.389. The predicted molar refractivity (Wildman–Crippen MR) is 102 cm³/mol. The van der Waals surface area contributed by atoms with Gasteiger partial charge in [-0.15, -0.1) is 0 Å². The number of halogens is 2. The fraction of sp³-hybridized carbons (Fsp3) is 0.474. The van der Waals surface area contributed by atoms with Crippen molar-refractivity contribution < 1.29 is 9.47 Å². The van der Waals surface area contributed by atoms with Gasteiger partial charge in [-0.05, 0) is 30.9 Å². The first-order chi connectivity index (χ1) is 11.9. The molecule has 0 aliphatic carbocycles. The summed E-state index contributed by atoms with van der Waals surface area (Å²) in [7, 11) is 3.34. The number of aromatic nitrogens is 2. The number of hydrogen-bond acceptors (Lipinski definition) is 4. The van der Waals surface area contributed by atoms with Gasteiger partial charge in [0.2, 0.25) is 0 Å². The summed E-state index contributed by atoms with van der Waals surface area (Å²) in [6.45, 7) is 4.26. The van der Waals surface area contributed by atoms with E-state index in [0.717, 1.165) is 42.9 Å². The summed E-state index contributed by atoms with van der Waals surface area (Å²) in [6, 6.07) is 5.94. The highest BCUT2D eigenvalue weighted by Gasteiger charge is 2.25. The Morgan fingerprint density at radius 2 is 1.84 bits per heavy atom. The number of nitrogens with zero attached hydrogens (tertiary/aromatic N) is 2. The first kappa shape index (κ1) is 19.8. The van der Waals surface area contributed by atoms with Gasteiger partial charge in [0.1, 0.15) is 16.7 Å². The standard InChI is InChI=1S/C19H24Cl2N2O2/c1-19(2,17-18(21)23-16(20)12-22-17)10-6-5-7-13-8-9-14(24-3)11-15(13)25-4/h8-9,11-12H,5-7,10H2,1-4H3. The van der Waals surface area contributed by atoms with Crippen LogP contribution in [0.2, 0.25) is 10.3 Å². The number of benzene rings is 1. The predicted octanol–water partition coefficient (Wildman–Crippen LogP) is 5.49. The minimum Gasteiger partial charge on any atom is -0.497 e. The molecule has 0 spiro atoms. The van der Waals surface area contributed by atoms with Crippen LogP contribution in [0.4, 0.5) is 0 Å². The van der Waals surface area contributed by atoms with Crippen LogP contribution >= 0.6 is 23.2 Å². The smallest absolute Gasteiger partial charge is 0.152 e. The third-order valence-corrected chi connectivity index (χ3v) is 4.78. The van der Waals surface area contributed by atoms with Gasteiger partial charge in [-0.1, -0.05) is 49.5 Å². The molecule has 6 heteroatoms. The molecule has 2 aromatic rings. The Balaban J connectivity index is 1.94. The van der Waals surface area contributed by atoms with Gasteiger partial charge in [-0.25, -0.2) is 4.98 Å². The lowest BCUT2D eigenvalue weighted by atomic mass is 9.83. The van der Waals surface area contributed by atoms with Crippen molar-refractivity contribution in [3.63, 3.8) is 0 Å². The van der Waals surface area contributed by atoms with Gasteiger partial charge in [0.25, 0.3) is 0 Å². The van der Waals surface area contributed by atoms with Gasteiger partial charge in [0.15, 0.2) is 5.15 Å². The van der Waals surface area contributed by atoms with E-state index in [1.54, 1.807) is 20.4 Å². The molecule has 0 amide bonds. The fourth-order valence-corrected chi connectivity index (χ4v) is 3.43. The quantitative estimate of drug-likeness (QED) is 0.566. The second kappa shape index (κ2) is 8.72. The van der Waals surface area contributed by atoms with E-state index in [4.69, 9.17) is 32.7 Å². The highest BCUT2D eigenvalue weighted by atomic mass is 35.5. The van der Waals surface area contributed by atoms with E-state index in [-0.39, 0.29) is 5.41 Å². The Hall–Kier alpha value is -1.52. The maximum atomic E-state index is 6.20. The molecule has 0 aliphatic rings. The zero-order valence-corrected chi connectivity index (χ0v) is 16.6. The maximum absolute atomic E-state index is 6.20. The molecule has 4 nitrogen and oxygen atoms in total. The van der Waals surface area contributed by atoms with Crippen LogP contribution < -0.4 is 9.47 Å². The summed E-state index contributed by atoms with van der Waals surface area (Å²) < 4.78 is 10.7. The third kappa shape index (κ3) is 5.23. The summed E-state index contributed by atoms with van der Waals surface area (Å²) >= 11 is 12.0. The Morgan fingerprint density at radius 3 is 2.48 bits per heavy atom. The molecule has 0 aliphatic heterocycles. The lowest BCUT2D eigenvalue weighted by Crippen LogP contribution is -2.20. The summed E-state index contributed by atoms with van der Waals surface area (Å²) in [5, 5.41) is 0.700. The summed E-state index contributed by atoms with van der Waals surface area (Å²) in [4.78, 5) is 8.47. The van der Waals surface area contributed by atoms with E-state index in [1.807, 2.05) is 12.1 Å². The molecule has 136 valence electrons. The zero-order chi connectivity index (χ0) is 18.4. The van der Waals surface area contributed by atoms with Gasteiger partial charge >= 0.3 is 0 Å². The Morgan fingerprint density at radius 1 is 1.08 bits per heavy atom. The summed E-state index contributed by atoms with van der Waals surface area (Å²) in [5.41, 5.74) is 1.82. The van der Waals surface area contributed by atoms with E-state index >= 15 is 0 Å². The van der Waals surface area contributed by atoms with E-state index in [0.29, 0.717) is 10.3 Å². The van der Waals surface area contributed by atoms with Gasteiger partial charge in [0.05, 0.1) is 26.1 Å². The normalized spacial score (nSPS) is 11.4. The number of aryl methyl sites for hydroxylation is 1. The van der Waals surface area contributed by atoms with Gasteiger partial charge in [-0.3, -0.25) is 4.98 Å². The first-order valence-corrected chi connectivity index (χ1v) is 9.02. The highest BCUT2D eigenvalue weighted by Crippen LogP contribution is 2.33. The van der Waals surface area contributed by atoms with E-state index in [2.05, 4.69) is 29.9 Å². The van der Waals surface area contributed by atoms with Crippen LogP contribution in [0.3, 0.4) is 0 Å². The first-order valence-electron chi connectivity index (χ1n) is 8.27. The molecule has 0 N–H and O–H groups in total. The van der Waals surface area contributed by atoms with Crippen molar-refractivity contribution in [2.24, 2.45) is 0 Å². The molecule has 0 radical (unpaired) electrons. The molecular formula is C19H24Cl2N2O2. The van der Waals surface area contributed by atoms with Crippen LogP contribution in [-0.4, -0.2) is 24.2 Å². The molecule has 1 heterocycles. The van der Waals surface area contributed by atoms with Crippen molar-refractivity contribution in [2.75, 3.05) is 14.2 Å². The minimum absolute atomic E-state index is 0.154. The van der Waals surface area contributed by atoms with Crippen LogP contribution in [0.25, 0.3) is 0 Å². The number of unbranched alkanes of at least 4 members (excludes halogenated alkanes) is 1. The monoisotopic (exact) mass is 382 g/mol. The molecule has 1 aromatic heterocycles. The third-order valence-electron chi connectivity index (χ3n) is 4.33. The SMILES string of the molecule is COc1ccc(CCCCC(C)(C)c2ncc(Cl)nc2Cl)c(OC)c1. The molecular weight excluding hydrogens is 359 g/mol. The molecule has 25 heavy (non-hydrogen) atoms. The number of hydrogen-bond donors (Lipinski definition) is 0. The van der Waals surface area contributed by atoms with E-state index in [1.165, 1.54) is 5.56 Å². The average molecular weight is 383 g/mol. The summed E-state index contributed by atoms with van der Waals surface area (Å²) in [6.07, 6.45) is 5.55. The Labute approximate surface area is 159 Å². The van der Waals surface area contributed by atoms with Crippen molar-refractivity contribution in [1.82, 2.24) is 9.97 Å². The number of ether oxygens (including phenoxy) is 2. The van der Waals surface area contributed by atoms with Crippen molar-refractivity contribution >= 4 is 23.2 Å². The molecule has 0 fully saturated rings. The Bertz CT molecular complexity index is 721. The second-order valence-electron chi connectivity index (χ2n) is 6.60. The van der Waals surface area contributed by atoms with Crippen LogP contribution in [-0.2, 0) is 11.8 Å². The molecule has 0 atom stereocenters. The van der Waals surface area contributed by atoms with Crippen molar-refractivity contribution in [2.45, 2.75) is 44.9 Å². The fourth-order valence-electron chi connectivity index (χ4n) is 2.86. The van der Waals surface area contributed by atoms with Crippen LogP contribution in [0.15, 0.2) is 24.4 Å². The molecule has 0 unspecified atom stereocenters. The topological polar surface area (TPSA) is 44.2 Å². The average Bonchev–Trinajstić information content (AvgIpc) is 2.58. The molecule has 1 aromatic carbocycles. The Kier molecular flexibility index (Phi) is 6.91. The molecule has 0 bridgehead atoms. The van der Waals surface area contributed by atoms with E-state index in [9.17, 15) is 0 Å². The minimum atomic E-state index is -0.154. The van der Waals surface area contributed by atoms with Gasteiger partial charge in [0, 0.05) is 11.5 Å². The van der Waals surface area contributed by atoms with Crippen LogP contribution in [0, 0.1) is 0 Å². The lowest BCUT2D eigenvalue weighted by Gasteiger charge is -2.24. The van der Waals surface area contributed by atoms with E-state index < -0.39 is 0 Å². The van der Waals surface area contributed by atoms with Gasteiger partial charge < -0.3 is 9.47 Å². The van der Waals surface area contributed by atoms with Crippen molar-refractivity contribution in [1.29, 1.82) is 0 Å². The molecule has 0 saturated heterocycles. The molecule has 0 saturated carbocycles. The number of rotatable bonds is 8. The zero-order valence-electron chi connectivity index (χ0n) is 15.1. The number of methoxy groups -OCH3 is 2. The van der Waals surface area contributed by atoms with Crippen molar-refractivity contribution in [3.05, 3.63) is 46.0 Å². The van der Waals surface area contributed by atoms with Crippen molar-refractivity contribution in [3.8, 4) is 11.5 Å². The second-order valence-corrected chi connectivity index (χ2v) is 7.35.